The smallest absolute Gasteiger partial charge is 0.239 e. The van der Waals surface area contributed by atoms with Gasteiger partial charge in [0.1, 0.15) is 0 Å². The van der Waals surface area contributed by atoms with Crippen molar-refractivity contribution < 1.29 is 4.79 Å². The van der Waals surface area contributed by atoms with Gasteiger partial charge in [-0.1, -0.05) is 6.92 Å². The number of likely N-dealkylation sites (tertiary alicyclic amines) is 2. The zero-order valence-corrected chi connectivity index (χ0v) is 21.3. The van der Waals surface area contributed by atoms with E-state index in [1.54, 1.807) is 4.90 Å². The lowest BCUT2D eigenvalue weighted by molar-refractivity contribution is -0.133. The van der Waals surface area contributed by atoms with E-state index in [0.29, 0.717) is 0 Å². The Morgan fingerprint density at radius 2 is 1.66 bits per heavy atom. The summed E-state index contributed by atoms with van der Waals surface area (Å²) in [5.74, 6) is 2.02. The predicted molar refractivity (Wildman–Crippen MR) is 132 cm³/mol. The first kappa shape index (κ1) is 26.4. The molecule has 2 aliphatic heterocycles. The maximum Gasteiger partial charge on any atom is 0.239 e. The molecule has 2 saturated heterocycles. The van der Waals surface area contributed by atoms with Crippen LogP contribution in [0.5, 0.6) is 0 Å². The average Bonchev–Trinajstić information content (AvgIpc) is 3.15. The summed E-state index contributed by atoms with van der Waals surface area (Å²) in [4.78, 5) is 23.2. The summed E-state index contributed by atoms with van der Waals surface area (Å²) >= 11 is 0. The highest BCUT2D eigenvalue weighted by Gasteiger charge is 2.30. The van der Waals surface area contributed by atoms with Gasteiger partial charge in [0.25, 0.3) is 0 Å². The van der Waals surface area contributed by atoms with E-state index in [1.807, 2.05) is 21.1 Å². The maximum atomic E-state index is 12.3. The molecular formula is C21H43IN6O. The van der Waals surface area contributed by atoms with Crippen molar-refractivity contribution in [1.29, 1.82) is 0 Å². The Kier molecular flexibility index (Phi) is 13.1. The molecule has 0 aromatic rings. The molecule has 8 heteroatoms. The maximum absolute atomic E-state index is 12.3. The van der Waals surface area contributed by atoms with E-state index in [-0.39, 0.29) is 35.9 Å². The van der Waals surface area contributed by atoms with Crippen molar-refractivity contribution in [3.8, 4) is 0 Å². The Hall–Kier alpha value is -0.610. The van der Waals surface area contributed by atoms with E-state index in [0.717, 1.165) is 63.7 Å². The van der Waals surface area contributed by atoms with E-state index < -0.39 is 0 Å². The van der Waals surface area contributed by atoms with E-state index in [1.165, 1.54) is 32.5 Å². The number of amides is 1. The summed E-state index contributed by atoms with van der Waals surface area (Å²) < 4.78 is 0. The first-order valence-electron chi connectivity index (χ1n) is 11.1. The van der Waals surface area contributed by atoms with Crippen LogP contribution in [0.2, 0.25) is 0 Å². The molecule has 2 aliphatic rings. The van der Waals surface area contributed by atoms with Gasteiger partial charge >= 0.3 is 0 Å². The Balaban J connectivity index is 0.00000420. The fraction of sp³-hybridized carbons (Fsp3) is 0.905. The number of rotatable bonds is 9. The second-order valence-electron chi connectivity index (χ2n) is 8.58. The molecule has 0 saturated carbocycles. The summed E-state index contributed by atoms with van der Waals surface area (Å²) in [6.45, 7) is 9.86. The van der Waals surface area contributed by atoms with Crippen molar-refractivity contribution in [3.05, 3.63) is 0 Å². The average molecular weight is 523 g/mol. The lowest BCUT2D eigenvalue weighted by atomic mass is 9.99. The minimum atomic E-state index is 0. The molecule has 0 bridgehead atoms. The van der Waals surface area contributed by atoms with Crippen molar-refractivity contribution in [1.82, 2.24) is 25.3 Å². The number of guanidine groups is 1. The summed E-state index contributed by atoms with van der Waals surface area (Å²) in [5, 5.41) is 6.83. The van der Waals surface area contributed by atoms with Crippen LogP contribution in [0.25, 0.3) is 0 Å². The van der Waals surface area contributed by atoms with Gasteiger partial charge in [-0.15, -0.1) is 24.0 Å². The monoisotopic (exact) mass is 522 g/mol. The Morgan fingerprint density at radius 3 is 2.24 bits per heavy atom. The summed E-state index contributed by atoms with van der Waals surface area (Å²) in [7, 11) is 5.53. The van der Waals surface area contributed by atoms with Crippen LogP contribution in [0.1, 0.15) is 45.4 Å². The normalized spacial score (nSPS) is 21.7. The van der Waals surface area contributed by atoms with Crippen molar-refractivity contribution in [2.24, 2.45) is 10.9 Å². The number of hydrogen-bond donors (Lipinski definition) is 2. The molecule has 0 radical (unpaired) electrons. The van der Waals surface area contributed by atoms with E-state index in [2.05, 4.69) is 32.3 Å². The Morgan fingerprint density at radius 1 is 1.03 bits per heavy atom. The van der Waals surface area contributed by atoms with Gasteiger partial charge in [0.2, 0.25) is 5.91 Å². The molecule has 2 N–H and O–H groups in total. The number of nitrogens with zero attached hydrogens (tertiary/aromatic N) is 4. The number of carbonyl (C=O) groups is 1. The van der Waals surface area contributed by atoms with Crippen LogP contribution in [0.15, 0.2) is 4.99 Å². The van der Waals surface area contributed by atoms with Gasteiger partial charge in [0, 0.05) is 40.8 Å². The van der Waals surface area contributed by atoms with Crippen molar-refractivity contribution in [2.75, 3.05) is 67.0 Å². The molecular weight excluding hydrogens is 479 g/mol. The lowest BCUT2D eigenvalue weighted by Crippen LogP contribution is -2.44. The van der Waals surface area contributed by atoms with Crippen molar-refractivity contribution in [3.63, 3.8) is 0 Å². The quantitative estimate of drug-likeness (QED) is 0.210. The molecule has 1 atom stereocenters. The minimum Gasteiger partial charge on any atom is -0.356 e. The molecule has 29 heavy (non-hydrogen) atoms. The SMILES string of the molecule is CN=C(NCCCN1CCC(C)CC1)NCCCN1CCCC1C(=O)N(C)C.I. The first-order valence-corrected chi connectivity index (χ1v) is 11.1. The van der Waals surface area contributed by atoms with Gasteiger partial charge in [-0.3, -0.25) is 14.7 Å². The summed E-state index contributed by atoms with van der Waals surface area (Å²) in [5.41, 5.74) is 0. The highest BCUT2D eigenvalue weighted by Crippen LogP contribution is 2.18. The highest BCUT2D eigenvalue weighted by atomic mass is 127. The number of hydrogen-bond acceptors (Lipinski definition) is 4. The third-order valence-electron chi connectivity index (χ3n) is 6.05. The van der Waals surface area contributed by atoms with Gasteiger partial charge in [0.15, 0.2) is 5.96 Å². The molecule has 170 valence electrons. The molecule has 0 spiro atoms. The number of nitrogens with one attached hydrogen (secondary N) is 2. The van der Waals surface area contributed by atoms with Crippen LogP contribution in [0, 0.1) is 5.92 Å². The van der Waals surface area contributed by atoms with Crippen LogP contribution in [-0.4, -0.2) is 99.6 Å². The van der Waals surface area contributed by atoms with E-state index >= 15 is 0 Å². The molecule has 2 heterocycles. The largest absolute Gasteiger partial charge is 0.356 e. The first-order chi connectivity index (χ1) is 13.5. The summed E-state index contributed by atoms with van der Waals surface area (Å²) in [6.07, 6.45) is 6.96. The minimum absolute atomic E-state index is 0. The van der Waals surface area contributed by atoms with E-state index in [4.69, 9.17) is 0 Å². The molecule has 0 aliphatic carbocycles. The van der Waals surface area contributed by atoms with E-state index in [9.17, 15) is 4.79 Å². The van der Waals surface area contributed by atoms with Crippen molar-refractivity contribution in [2.45, 2.75) is 51.5 Å². The second-order valence-corrected chi connectivity index (χ2v) is 8.58. The standard InChI is InChI=1S/C21H42N6O.HI/c1-18-9-16-26(17-10-18)13-6-11-23-21(22-2)24-12-7-15-27-14-5-8-19(27)20(28)25(3)4;/h18-19H,5-17H2,1-4H3,(H2,22,23,24);1H. The number of aliphatic imine (C=N–C) groups is 1. The van der Waals surface area contributed by atoms with Gasteiger partial charge < -0.3 is 20.4 Å². The van der Waals surface area contributed by atoms with Crippen molar-refractivity contribution >= 4 is 35.8 Å². The molecule has 2 rings (SSSR count). The van der Waals surface area contributed by atoms with Crippen LogP contribution in [-0.2, 0) is 4.79 Å². The fourth-order valence-electron chi connectivity index (χ4n) is 4.18. The highest BCUT2D eigenvalue weighted by molar-refractivity contribution is 14.0. The topological polar surface area (TPSA) is 63.2 Å². The number of likely N-dealkylation sites (N-methyl/N-ethyl adjacent to an activating group) is 1. The fourth-order valence-corrected chi connectivity index (χ4v) is 4.18. The predicted octanol–water partition coefficient (Wildman–Crippen LogP) is 1.83. The second kappa shape index (κ2) is 14.4. The number of halogens is 1. The molecule has 7 nitrogen and oxygen atoms in total. The third-order valence-corrected chi connectivity index (χ3v) is 6.05. The Labute approximate surface area is 195 Å². The molecule has 0 aromatic carbocycles. The van der Waals surface area contributed by atoms with Gasteiger partial charge in [-0.2, -0.15) is 0 Å². The van der Waals surface area contributed by atoms with Gasteiger partial charge in [-0.05, 0) is 70.6 Å². The zero-order valence-electron chi connectivity index (χ0n) is 19.0. The van der Waals surface area contributed by atoms with Crippen LogP contribution in [0.3, 0.4) is 0 Å². The molecule has 1 unspecified atom stereocenters. The molecule has 2 fully saturated rings. The van der Waals surface area contributed by atoms with Gasteiger partial charge in [0.05, 0.1) is 6.04 Å². The summed E-state index contributed by atoms with van der Waals surface area (Å²) in [6, 6.07) is 0.0743. The molecule has 0 aromatic heterocycles. The number of piperidine rings is 1. The van der Waals surface area contributed by atoms with Crippen LogP contribution >= 0.6 is 24.0 Å². The molecule has 1 amide bonds. The third kappa shape index (κ3) is 9.38. The van der Waals surface area contributed by atoms with Gasteiger partial charge in [-0.25, -0.2) is 0 Å². The van der Waals surface area contributed by atoms with Crippen LogP contribution < -0.4 is 10.6 Å². The zero-order chi connectivity index (χ0) is 20.4. The lowest BCUT2D eigenvalue weighted by Gasteiger charge is -2.30. The number of carbonyl (C=O) groups excluding carboxylic acids is 1. The van der Waals surface area contributed by atoms with Crippen LogP contribution in [0.4, 0.5) is 0 Å². The Bertz CT molecular complexity index is 494.